The first-order valence-corrected chi connectivity index (χ1v) is 15.2. The molecular weight excluding hydrogens is 486 g/mol. The van der Waals surface area contributed by atoms with Crippen molar-refractivity contribution >= 4 is 5.91 Å². The second kappa shape index (κ2) is 15.5. The van der Waals surface area contributed by atoms with Gasteiger partial charge in [0, 0.05) is 24.2 Å². The molecule has 2 aromatic rings. The number of carbonyl (C=O) groups is 1. The van der Waals surface area contributed by atoms with Crippen molar-refractivity contribution in [3.8, 4) is 5.75 Å². The Morgan fingerprint density at radius 1 is 1.00 bits per heavy atom. The Hall–Kier alpha value is -2.31. The van der Waals surface area contributed by atoms with Crippen LogP contribution in [-0.4, -0.2) is 58.9 Å². The molecule has 2 rings (SSSR count). The van der Waals surface area contributed by atoms with Gasteiger partial charge in [-0.3, -0.25) is 4.79 Å². The number of aromatic nitrogens is 1. The molecule has 0 bridgehead atoms. The smallest absolute Gasteiger partial charge is 0.267 e. The van der Waals surface area contributed by atoms with E-state index < -0.39 is 5.60 Å². The number of hydrogen-bond acceptors (Lipinski definition) is 4. The molecule has 0 radical (unpaired) electrons. The van der Waals surface area contributed by atoms with Gasteiger partial charge in [-0.05, 0) is 115 Å². The summed E-state index contributed by atoms with van der Waals surface area (Å²) in [6.07, 6.45) is 5.47. The fourth-order valence-electron chi connectivity index (χ4n) is 5.68. The molecule has 0 aliphatic carbocycles. The number of nitrogens with zero attached hydrogens (tertiary/aromatic N) is 2. The summed E-state index contributed by atoms with van der Waals surface area (Å²) in [5.74, 6) is 0.923. The summed E-state index contributed by atoms with van der Waals surface area (Å²) in [6, 6.07) is 10.7. The summed E-state index contributed by atoms with van der Waals surface area (Å²) in [5.41, 5.74) is 3.52. The molecule has 6 heteroatoms. The molecule has 0 fully saturated rings. The number of aliphatic hydroxyl groups is 1. The normalized spacial score (nSPS) is 12.3. The number of benzene rings is 1. The first-order valence-electron chi connectivity index (χ1n) is 15.2. The minimum absolute atomic E-state index is 0.00765. The third kappa shape index (κ3) is 8.84. The van der Waals surface area contributed by atoms with Crippen molar-refractivity contribution in [2.45, 2.75) is 111 Å². The molecular formula is C33H55N3O3. The van der Waals surface area contributed by atoms with E-state index in [9.17, 15) is 9.90 Å². The second-order valence-corrected chi connectivity index (χ2v) is 11.4. The van der Waals surface area contributed by atoms with E-state index in [4.69, 9.17) is 4.74 Å². The first kappa shape index (κ1) is 32.9. The molecule has 6 nitrogen and oxygen atoms in total. The van der Waals surface area contributed by atoms with Gasteiger partial charge in [-0.25, -0.2) is 0 Å². The van der Waals surface area contributed by atoms with E-state index >= 15 is 0 Å². The molecule has 1 heterocycles. The van der Waals surface area contributed by atoms with Crippen molar-refractivity contribution in [2.75, 3.05) is 32.8 Å². The predicted octanol–water partition coefficient (Wildman–Crippen LogP) is 6.70. The molecule has 0 atom stereocenters. The van der Waals surface area contributed by atoms with Crippen molar-refractivity contribution in [2.24, 2.45) is 0 Å². The van der Waals surface area contributed by atoms with Crippen molar-refractivity contribution in [3.63, 3.8) is 0 Å². The van der Waals surface area contributed by atoms with E-state index in [2.05, 4.69) is 80.6 Å². The maximum absolute atomic E-state index is 13.2. The van der Waals surface area contributed by atoms with Gasteiger partial charge >= 0.3 is 0 Å². The van der Waals surface area contributed by atoms with Gasteiger partial charge in [0.05, 0.1) is 12.2 Å². The number of rotatable bonds is 18. The number of carbonyl (C=O) groups excluding carboxylic acids is 1. The number of hydrogen-bond donors (Lipinski definition) is 2. The molecule has 1 amide bonds. The van der Waals surface area contributed by atoms with Crippen LogP contribution in [-0.2, 0) is 12.0 Å². The lowest BCUT2D eigenvalue weighted by Crippen LogP contribution is -2.33. The third-order valence-corrected chi connectivity index (χ3v) is 8.23. The molecule has 0 spiro atoms. The number of amides is 1. The summed E-state index contributed by atoms with van der Waals surface area (Å²) >= 11 is 0. The van der Waals surface area contributed by atoms with Gasteiger partial charge in [0.2, 0.25) is 0 Å². The van der Waals surface area contributed by atoms with Crippen molar-refractivity contribution in [1.29, 1.82) is 0 Å². The lowest BCUT2D eigenvalue weighted by atomic mass is 9.72. The molecule has 1 aromatic heterocycles. The minimum Gasteiger partial charge on any atom is -0.493 e. The monoisotopic (exact) mass is 541 g/mol. The fraction of sp³-hybridized carbons (Fsp3) is 0.667. The topological polar surface area (TPSA) is 66.7 Å². The maximum atomic E-state index is 13.2. The Morgan fingerprint density at radius 3 is 2.26 bits per heavy atom. The van der Waals surface area contributed by atoms with E-state index in [1.807, 2.05) is 19.9 Å². The van der Waals surface area contributed by atoms with Gasteiger partial charge in [-0.15, -0.1) is 0 Å². The molecule has 0 saturated carbocycles. The van der Waals surface area contributed by atoms with Gasteiger partial charge in [-0.2, -0.15) is 0 Å². The van der Waals surface area contributed by atoms with E-state index in [1.165, 1.54) is 11.3 Å². The Balaban J connectivity index is 2.19. The largest absolute Gasteiger partial charge is 0.493 e. The van der Waals surface area contributed by atoms with Crippen LogP contribution in [0.2, 0.25) is 0 Å². The number of nitrogens with one attached hydrogen (secondary N) is 1. The van der Waals surface area contributed by atoms with Crippen LogP contribution >= 0.6 is 0 Å². The van der Waals surface area contributed by atoms with Crippen LogP contribution in [0.4, 0.5) is 0 Å². The molecule has 220 valence electrons. The van der Waals surface area contributed by atoms with Gasteiger partial charge in [0.15, 0.2) is 0 Å². The van der Waals surface area contributed by atoms with E-state index in [0.29, 0.717) is 13.2 Å². The van der Waals surface area contributed by atoms with Gasteiger partial charge in [0.25, 0.3) is 5.91 Å². The first-order chi connectivity index (χ1) is 18.6. The van der Waals surface area contributed by atoms with E-state index in [0.717, 1.165) is 81.7 Å². The van der Waals surface area contributed by atoms with E-state index in [-0.39, 0.29) is 11.3 Å². The highest BCUT2D eigenvalue weighted by Crippen LogP contribution is 2.41. The van der Waals surface area contributed by atoms with Gasteiger partial charge in [0.1, 0.15) is 11.4 Å². The zero-order valence-electron chi connectivity index (χ0n) is 26.0. The lowest BCUT2D eigenvalue weighted by molar-refractivity contribution is 0.0670. The third-order valence-electron chi connectivity index (χ3n) is 8.23. The van der Waals surface area contributed by atoms with E-state index in [1.54, 1.807) is 0 Å². The van der Waals surface area contributed by atoms with Crippen LogP contribution < -0.4 is 10.1 Å². The number of ether oxygens (including phenoxy) is 1. The molecule has 2 N–H and O–H groups in total. The quantitative estimate of drug-likeness (QED) is 0.206. The Labute approximate surface area is 238 Å². The molecule has 0 aliphatic rings. The highest BCUT2D eigenvalue weighted by atomic mass is 16.5. The summed E-state index contributed by atoms with van der Waals surface area (Å²) in [5, 5.41) is 13.1. The van der Waals surface area contributed by atoms with Crippen molar-refractivity contribution in [1.82, 2.24) is 14.8 Å². The van der Waals surface area contributed by atoms with Crippen LogP contribution in [0.25, 0.3) is 0 Å². The van der Waals surface area contributed by atoms with Gasteiger partial charge in [-0.1, -0.05) is 39.8 Å². The summed E-state index contributed by atoms with van der Waals surface area (Å²) in [6.45, 7) is 21.9. The van der Waals surface area contributed by atoms with Crippen LogP contribution in [0, 0.1) is 6.92 Å². The summed E-state index contributed by atoms with van der Waals surface area (Å²) < 4.78 is 8.31. The zero-order valence-corrected chi connectivity index (χ0v) is 26.0. The average Bonchev–Trinajstić information content (AvgIpc) is 3.34. The maximum Gasteiger partial charge on any atom is 0.267 e. The SMILES string of the molecule is CCN(CC)CCCNC(=O)c1ccc(C(CC)(CC)c2ccc(OCCCCC(C)(C)O)c(C)c2)n1CC. The molecule has 0 unspecified atom stereocenters. The predicted molar refractivity (Wildman–Crippen MR) is 163 cm³/mol. The second-order valence-electron chi connectivity index (χ2n) is 11.4. The Morgan fingerprint density at radius 2 is 1.69 bits per heavy atom. The number of aryl methyl sites for hydroxylation is 1. The summed E-state index contributed by atoms with van der Waals surface area (Å²) in [4.78, 5) is 15.6. The highest BCUT2D eigenvalue weighted by Gasteiger charge is 2.35. The Bertz CT molecular complexity index is 1010. The molecule has 0 aliphatic heterocycles. The van der Waals surface area contributed by atoms with Crippen LogP contribution in [0.5, 0.6) is 5.75 Å². The zero-order chi connectivity index (χ0) is 29.1. The lowest BCUT2D eigenvalue weighted by Gasteiger charge is -2.34. The number of unbranched alkanes of at least 4 members (excludes halogenated alkanes) is 1. The fourth-order valence-corrected chi connectivity index (χ4v) is 5.68. The standard InChI is InChI=1S/C33H55N3O3/c1-9-33(10-2,27-17-19-29(26(6)25-27)39-24-15-14-21-32(7,8)38)30-20-18-28(36(30)13-5)31(37)34-22-16-23-35(11-3)12-4/h17-20,25,38H,9-16,21-24H2,1-8H3,(H,34,37). The minimum atomic E-state index is -0.622. The molecule has 0 saturated heterocycles. The van der Waals surface area contributed by atoms with Crippen molar-refractivity contribution in [3.05, 3.63) is 52.8 Å². The highest BCUT2D eigenvalue weighted by molar-refractivity contribution is 5.93. The van der Waals surface area contributed by atoms with Crippen LogP contribution in [0.15, 0.2) is 30.3 Å². The van der Waals surface area contributed by atoms with Crippen LogP contribution in [0.1, 0.15) is 114 Å². The van der Waals surface area contributed by atoms with Gasteiger partial charge < -0.3 is 24.6 Å². The van der Waals surface area contributed by atoms with Crippen LogP contribution in [0.3, 0.4) is 0 Å². The van der Waals surface area contributed by atoms with Crippen molar-refractivity contribution < 1.29 is 14.6 Å². The summed E-state index contributed by atoms with van der Waals surface area (Å²) in [7, 11) is 0. The average molecular weight is 542 g/mol. The molecule has 39 heavy (non-hydrogen) atoms. The Kier molecular flexibility index (Phi) is 13.1. The molecule has 1 aromatic carbocycles.